The number of ether oxygens (including phenoxy) is 3. The van der Waals surface area contributed by atoms with Crippen molar-refractivity contribution in [2.24, 2.45) is 0 Å². The summed E-state index contributed by atoms with van der Waals surface area (Å²) >= 11 is 0. The van der Waals surface area contributed by atoms with E-state index in [2.05, 4.69) is 17.1 Å². The zero-order valence-electron chi connectivity index (χ0n) is 13.5. The second-order valence-corrected chi connectivity index (χ2v) is 4.91. The first-order valence-electron chi connectivity index (χ1n) is 6.96. The van der Waals surface area contributed by atoms with Crippen LogP contribution in [0.4, 0.5) is 0 Å². The van der Waals surface area contributed by atoms with Gasteiger partial charge in [-0.1, -0.05) is 0 Å². The summed E-state index contributed by atoms with van der Waals surface area (Å²) in [5.41, 5.74) is 1.08. The van der Waals surface area contributed by atoms with E-state index in [1.165, 1.54) is 0 Å². The van der Waals surface area contributed by atoms with E-state index in [1.807, 2.05) is 12.1 Å². The molecule has 1 N–H and O–H groups in total. The van der Waals surface area contributed by atoms with Crippen molar-refractivity contribution in [1.29, 1.82) is 0 Å². The number of rotatable bonds is 5. The minimum absolute atomic E-state index is 0. The Morgan fingerprint density at radius 2 is 1.45 bits per heavy atom. The Hall–Kier alpha value is -0.880. The normalized spacial score (nSPS) is 16.0. The van der Waals surface area contributed by atoms with Crippen LogP contribution in [0.5, 0.6) is 17.2 Å². The molecule has 0 aromatic heterocycles. The Morgan fingerprint density at radius 3 is 1.86 bits per heavy atom. The second kappa shape index (κ2) is 10.0. The van der Waals surface area contributed by atoms with Crippen LogP contribution in [0.15, 0.2) is 12.1 Å². The maximum Gasteiger partial charge on any atom is 0.131 e. The zero-order valence-corrected chi connectivity index (χ0v) is 15.2. The van der Waals surface area contributed by atoms with Crippen LogP contribution in [0.1, 0.15) is 18.5 Å². The molecule has 2 rings (SSSR count). The summed E-state index contributed by atoms with van der Waals surface area (Å²) in [5, 5.41) is 3.37. The molecule has 7 heteroatoms. The highest BCUT2D eigenvalue weighted by molar-refractivity contribution is 5.85. The third-order valence-electron chi connectivity index (χ3n) is 3.87. The molecule has 0 aliphatic carbocycles. The van der Waals surface area contributed by atoms with Gasteiger partial charge in [0.2, 0.25) is 0 Å². The zero-order chi connectivity index (χ0) is 14.5. The number of methoxy groups -OCH3 is 3. The van der Waals surface area contributed by atoms with Gasteiger partial charge in [-0.2, -0.15) is 0 Å². The minimum Gasteiger partial charge on any atom is -0.496 e. The molecule has 1 aromatic carbocycles. The van der Waals surface area contributed by atoms with Gasteiger partial charge >= 0.3 is 0 Å². The predicted octanol–water partition coefficient (Wildman–Crippen LogP) is 2.52. The van der Waals surface area contributed by atoms with Crippen LogP contribution in [-0.2, 0) is 0 Å². The number of hydrogen-bond acceptors (Lipinski definition) is 5. The Balaban J connectivity index is 0.00000220. The average Bonchev–Trinajstić information content (AvgIpc) is 2.53. The molecule has 0 bridgehead atoms. The van der Waals surface area contributed by atoms with Crippen molar-refractivity contribution in [3.63, 3.8) is 0 Å². The lowest BCUT2D eigenvalue weighted by Crippen LogP contribution is -2.44. The number of benzene rings is 1. The van der Waals surface area contributed by atoms with Gasteiger partial charge in [0.1, 0.15) is 17.2 Å². The Labute approximate surface area is 145 Å². The summed E-state index contributed by atoms with van der Waals surface area (Å²) in [7, 11) is 5.01. The fraction of sp³-hybridized carbons (Fsp3) is 0.600. The summed E-state index contributed by atoms with van der Waals surface area (Å²) in [5.74, 6) is 2.37. The predicted molar refractivity (Wildman–Crippen MR) is 93.5 cm³/mol. The van der Waals surface area contributed by atoms with Gasteiger partial charge in [0, 0.05) is 44.4 Å². The Morgan fingerprint density at radius 1 is 0.955 bits per heavy atom. The van der Waals surface area contributed by atoms with Crippen molar-refractivity contribution in [3.05, 3.63) is 17.7 Å². The summed E-state index contributed by atoms with van der Waals surface area (Å²) in [6.07, 6.45) is 0. The highest BCUT2D eigenvalue weighted by Gasteiger charge is 2.25. The topological polar surface area (TPSA) is 43.0 Å². The molecule has 0 amide bonds. The molecular weight excluding hydrogens is 327 g/mol. The van der Waals surface area contributed by atoms with Crippen LogP contribution in [0, 0.1) is 0 Å². The molecule has 1 atom stereocenters. The van der Waals surface area contributed by atoms with Gasteiger partial charge < -0.3 is 19.5 Å². The molecule has 1 aliphatic heterocycles. The highest BCUT2D eigenvalue weighted by Crippen LogP contribution is 2.40. The lowest BCUT2D eigenvalue weighted by atomic mass is 10.0. The van der Waals surface area contributed by atoms with Crippen LogP contribution >= 0.6 is 24.8 Å². The second-order valence-electron chi connectivity index (χ2n) is 4.91. The lowest BCUT2D eigenvalue weighted by molar-refractivity contribution is 0.179. The first kappa shape index (κ1) is 21.1. The molecule has 1 aliphatic rings. The van der Waals surface area contributed by atoms with Crippen molar-refractivity contribution in [2.45, 2.75) is 13.0 Å². The van der Waals surface area contributed by atoms with Gasteiger partial charge in [0.05, 0.1) is 26.9 Å². The van der Waals surface area contributed by atoms with E-state index >= 15 is 0 Å². The smallest absolute Gasteiger partial charge is 0.131 e. The monoisotopic (exact) mass is 352 g/mol. The van der Waals surface area contributed by atoms with E-state index in [0.29, 0.717) is 0 Å². The third kappa shape index (κ3) is 4.56. The molecule has 1 heterocycles. The SMILES string of the molecule is COc1cc(OC)c([C@@H](C)N2CCNCC2)c(OC)c1.Cl.Cl. The van der Waals surface area contributed by atoms with E-state index in [1.54, 1.807) is 21.3 Å². The van der Waals surface area contributed by atoms with E-state index in [0.717, 1.165) is 49.0 Å². The number of nitrogens with one attached hydrogen (secondary N) is 1. The first-order valence-corrected chi connectivity index (χ1v) is 6.96. The fourth-order valence-electron chi connectivity index (χ4n) is 2.70. The van der Waals surface area contributed by atoms with E-state index < -0.39 is 0 Å². The van der Waals surface area contributed by atoms with E-state index in [9.17, 15) is 0 Å². The molecule has 0 saturated carbocycles. The van der Waals surface area contributed by atoms with Gasteiger partial charge in [0.15, 0.2) is 0 Å². The summed E-state index contributed by atoms with van der Waals surface area (Å²) < 4.78 is 16.4. The third-order valence-corrected chi connectivity index (χ3v) is 3.87. The Bertz CT molecular complexity index is 429. The number of hydrogen-bond donors (Lipinski definition) is 1. The van der Waals surface area contributed by atoms with Crippen molar-refractivity contribution >= 4 is 24.8 Å². The first-order chi connectivity index (χ1) is 9.71. The minimum atomic E-state index is 0. The van der Waals surface area contributed by atoms with Crippen molar-refractivity contribution in [3.8, 4) is 17.2 Å². The summed E-state index contributed by atoms with van der Waals surface area (Å²) in [4.78, 5) is 2.43. The molecule has 1 aromatic rings. The molecule has 1 fully saturated rings. The van der Waals surface area contributed by atoms with Gasteiger partial charge in [-0.25, -0.2) is 0 Å². The van der Waals surface area contributed by atoms with Crippen LogP contribution in [-0.4, -0.2) is 52.4 Å². The molecule has 0 unspecified atom stereocenters. The fourth-order valence-corrected chi connectivity index (χ4v) is 2.70. The standard InChI is InChI=1S/C15H24N2O3.2ClH/c1-11(17-7-5-16-6-8-17)15-13(19-3)9-12(18-2)10-14(15)20-4;;/h9-11,16H,5-8H2,1-4H3;2*1H/t11-;;/m1../s1. The molecule has 1 saturated heterocycles. The molecule has 22 heavy (non-hydrogen) atoms. The van der Waals surface area contributed by atoms with Gasteiger partial charge in [-0.05, 0) is 6.92 Å². The lowest BCUT2D eigenvalue weighted by Gasteiger charge is -2.34. The highest BCUT2D eigenvalue weighted by atomic mass is 35.5. The van der Waals surface area contributed by atoms with Crippen molar-refractivity contribution in [1.82, 2.24) is 10.2 Å². The average molecular weight is 353 g/mol. The molecule has 0 radical (unpaired) electrons. The number of nitrogens with zero attached hydrogens (tertiary/aromatic N) is 1. The summed E-state index contributed by atoms with van der Waals surface area (Å²) in [6, 6.07) is 4.07. The van der Waals surface area contributed by atoms with Crippen LogP contribution in [0.25, 0.3) is 0 Å². The van der Waals surface area contributed by atoms with Gasteiger partial charge in [0.25, 0.3) is 0 Å². The van der Waals surface area contributed by atoms with Crippen molar-refractivity contribution in [2.75, 3.05) is 47.5 Å². The molecule has 0 spiro atoms. The van der Waals surface area contributed by atoms with Gasteiger partial charge in [-0.15, -0.1) is 24.8 Å². The molecule has 5 nitrogen and oxygen atoms in total. The summed E-state index contributed by atoms with van der Waals surface area (Å²) in [6.45, 7) is 6.29. The van der Waals surface area contributed by atoms with E-state index in [-0.39, 0.29) is 30.9 Å². The van der Waals surface area contributed by atoms with E-state index in [4.69, 9.17) is 14.2 Å². The maximum atomic E-state index is 5.54. The Kier molecular flexibility index (Phi) is 9.60. The van der Waals surface area contributed by atoms with Gasteiger partial charge in [-0.3, -0.25) is 4.90 Å². The molecule has 128 valence electrons. The largest absolute Gasteiger partial charge is 0.496 e. The maximum absolute atomic E-state index is 5.54. The molecular formula is C15H26Cl2N2O3. The number of piperazine rings is 1. The van der Waals surface area contributed by atoms with Crippen molar-refractivity contribution < 1.29 is 14.2 Å². The van der Waals surface area contributed by atoms with Crippen LogP contribution in [0.3, 0.4) is 0 Å². The van der Waals surface area contributed by atoms with Crippen LogP contribution < -0.4 is 19.5 Å². The quantitative estimate of drug-likeness (QED) is 0.881. The van der Waals surface area contributed by atoms with Crippen LogP contribution in [0.2, 0.25) is 0 Å². The number of halogens is 2.